The number of aliphatic imine (C=N–C) groups is 1. The molecule has 4 nitrogen and oxygen atoms in total. The molecule has 0 saturated carbocycles. The van der Waals surface area contributed by atoms with E-state index in [2.05, 4.69) is 71.2 Å². The second kappa shape index (κ2) is 11.0. The molecule has 25 heavy (non-hydrogen) atoms. The van der Waals surface area contributed by atoms with Crippen LogP contribution in [-0.2, 0) is 0 Å². The fourth-order valence-electron chi connectivity index (χ4n) is 2.62. The van der Waals surface area contributed by atoms with E-state index < -0.39 is 0 Å². The molecule has 1 fully saturated rings. The predicted molar refractivity (Wildman–Crippen MR) is 122 cm³/mol. The zero-order valence-corrected chi connectivity index (χ0v) is 19.9. The molecule has 7 heteroatoms. The van der Waals surface area contributed by atoms with Crippen LogP contribution < -0.4 is 5.32 Å². The molecule has 142 valence electrons. The van der Waals surface area contributed by atoms with Gasteiger partial charge in [0.05, 0.1) is 12.6 Å². The summed E-state index contributed by atoms with van der Waals surface area (Å²) < 4.78 is 1.12. The maximum atomic E-state index is 9.69. The SMILES string of the molecule is CCNC(=NCC(C)(C)Sc1ccc(Br)cc1)N1CCC(O)CC1.I. The van der Waals surface area contributed by atoms with E-state index in [1.165, 1.54) is 4.90 Å². The fourth-order valence-corrected chi connectivity index (χ4v) is 3.93. The van der Waals surface area contributed by atoms with Gasteiger partial charge in [0.2, 0.25) is 0 Å². The van der Waals surface area contributed by atoms with Gasteiger partial charge in [0.25, 0.3) is 0 Å². The lowest BCUT2D eigenvalue weighted by atomic mass is 10.1. The maximum absolute atomic E-state index is 9.69. The molecule has 1 aromatic carbocycles. The van der Waals surface area contributed by atoms with Crippen molar-refractivity contribution in [3.63, 3.8) is 0 Å². The largest absolute Gasteiger partial charge is 0.393 e. The lowest BCUT2D eigenvalue weighted by Crippen LogP contribution is -2.47. The summed E-state index contributed by atoms with van der Waals surface area (Å²) in [6.45, 7) is 9.89. The van der Waals surface area contributed by atoms with Crippen LogP contribution in [0.2, 0.25) is 0 Å². The second-order valence-corrected chi connectivity index (χ2v) is 9.40. The molecular weight excluding hydrogens is 513 g/mol. The van der Waals surface area contributed by atoms with Gasteiger partial charge in [0, 0.05) is 33.7 Å². The molecule has 0 aliphatic carbocycles. The first kappa shape index (κ1) is 23.0. The van der Waals surface area contributed by atoms with Gasteiger partial charge in [-0.05, 0) is 57.9 Å². The molecule has 2 N–H and O–H groups in total. The number of hydrogen-bond acceptors (Lipinski definition) is 3. The van der Waals surface area contributed by atoms with Crippen molar-refractivity contribution in [1.29, 1.82) is 0 Å². The highest BCUT2D eigenvalue weighted by molar-refractivity contribution is 14.0. The van der Waals surface area contributed by atoms with Gasteiger partial charge < -0.3 is 15.3 Å². The van der Waals surface area contributed by atoms with Crippen molar-refractivity contribution in [2.24, 2.45) is 4.99 Å². The van der Waals surface area contributed by atoms with Crippen LogP contribution in [-0.4, -0.2) is 53.0 Å². The van der Waals surface area contributed by atoms with Crippen molar-refractivity contribution in [3.8, 4) is 0 Å². The lowest BCUT2D eigenvalue weighted by molar-refractivity contribution is 0.108. The molecule has 1 saturated heterocycles. The molecule has 1 aliphatic rings. The zero-order valence-electron chi connectivity index (χ0n) is 15.2. The topological polar surface area (TPSA) is 47.9 Å². The fraction of sp³-hybridized carbons (Fsp3) is 0.611. The number of piperidine rings is 1. The predicted octanol–water partition coefficient (Wildman–Crippen LogP) is 4.36. The number of nitrogens with one attached hydrogen (secondary N) is 1. The van der Waals surface area contributed by atoms with Gasteiger partial charge in [-0.15, -0.1) is 35.7 Å². The summed E-state index contributed by atoms with van der Waals surface area (Å²) >= 11 is 5.33. The van der Waals surface area contributed by atoms with Crippen LogP contribution in [0.4, 0.5) is 0 Å². The number of thioether (sulfide) groups is 1. The van der Waals surface area contributed by atoms with Crippen LogP contribution in [0.15, 0.2) is 38.6 Å². The smallest absolute Gasteiger partial charge is 0.193 e. The first-order valence-electron chi connectivity index (χ1n) is 8.55. The summed E-state index contributed by atoms with van der Waals surface area (Å²) in [6, 6.07) is 8.42. The van der Waals surface area contributed by atoms with Crippen LogP contribution >= 0.6 is 51.7 Å². The Morgan fingerprint density at radius 1 is 1.32 bits per heavy atom. The highest BCUT2D eigenvalue weighted by Gasteiger charge is 2.23. The standard InChI is InChI=1S/C18H28BrN3OS.HI/c1-4-20-17(22-11-9-15(23)10-12-22)21-13-18(2,3)24-16-7-5-14(19)6-8-16;/h5-8,15,23H,4,9-13H2,1-3H3,(H,20,21);1H. The second-order valence-electron chi connectivity index (χ2n) is 6.70. The van der Waals surface area contributed by atoms with Crippen LogP contribution in [0, 0.1) is 0 Å². The van der Waals surface area contributed by atoms with Crippen molar-refractivity contribution in [3.05, 3.63) is 28.7 Å². The average molecular weight is 542 g/mol. The Bertz CT molecular complexity index is 546. The lowest BCUT2D eigenvalue weighted by Gasteiger charge is -2.33. The number of likely N-dealkylation sites (tertiary alicyclic amines) is 1. The van der Waals surface area contributed by atoms with Crippen molar-refractivity contribution in [2.75, 3.05) is 26.2 Å². The third-order valence-corrected chi connectivity index (χ3v) is 5.63. The van der Waals surface area contributed by atoms with E-state index in [-0.39, 0.29) is 34.8 Å². The zero-order chi connectivity index (χ0) is 17.6. The Balaban J connectivity index is 0.00000312. The van der Waals surface area contributed by atoms with Crippen molar-refractivity contribution in [2.45, 2.75) is 49.4 Å². The van der Waals surface area contributed by atoms with Gasteiger partial charge >= 0.3 is 0 Å². The first-order chi connectivity index (χ1) is 11.4. The summed E-state index contributed by atoms with van der Waals surface area (Å²) in [4.78, 5) is 8.38. The number of nitrogens with zero attached hydrogens (tertiary/aromatic N) is 2. The molecule has 0 bridgehead atoms. The number of benzene rings is 1. The molecule has 2 rings (SSSR count). The Hall–Kier alpha value is 0.01000. The van der Waals surface area contributed by atoms with Gasteiger partial charge in [-0.3, -0.25) is 4.99 Å². The molecule has 0 aromatic heterocycles. The molecule has 1 aromatic rings. The molecule has 0 atom stereocenters. The van der Waals surface area contributed by atoms with Crippen molar-refractivity contribution < 1.29 is 5.11 Å². The third kappa shape index (κ3) is 8.05. The highest BCUT2D eigenvalue weighted by atomic mass is 127. The molecule has 0 unspecified atom stereocenters. The number of halogens is 2. The third-order valence-electron chi connectivity index (χ3n) is 3.92. The van der Waals surface area contributed by atoms with E-state index >= 15 is 0 Å². The van der Waals surface area contributed by atoms with Gasteiger partial charge in [0.1, 0.15) is 0 Å². The van der Waals surface area contributed by atoms with Crippen LogP contribution in [0.25, 0.3) is 0 Å². The van der Waals surface area contributed by atoms with Crippen LogP contribution in [0.5, 0.6) is 0 Å². The van der Waals surface area contributed by atoms with Gasteiger partial charge in [-0.25, -0.2) is 0 Å². The minimum atomic E-state index is -0.159. The Labute approximate surface area is 181 Å². The molecule has 0 amide bonds. The summed E-state index contributed by atoms with van der Waals surface area (Å²) in [5.41, 5.74) is 0. The average Bonchev–Trinajstić information content (AvgIpc) is 2.54. The number of aliphatic hydroxyl groups excluding tert-OH is 1. The first-order valence-corrected chi connectivity index (χ1v) is 10.2. The normalized spacial score (nSPS) is 16.5. The van der Waals surface area contributed by atoms with Crippen molar-refractivity contribution in [1.82, 2.24) is 10.2 Å². The van der Waals surface area contributed by atoms with E-state index in [9.17, 15) is 5.11 Å². The molecule has 1 heterocycles. The summed E-state index contributed by atoms with van der Waals surface area (Å²) in [6.07, 6.45) is 1.48. The minimum Gasteiger partial charge on any atom is -0.393 e. The quantitative estimate of drug-likeness (QED) is 0.252. The number of aliphatic hydroxyl groups is 1. The maximum Gasteiger partial charge on any atom is 0.193 e. The number of rotatable bonds is 5. The van der Waals surface area contributed by atoms with E-state index in [4.69, 9.17) is 4.99 Å². The summed E-state index contributed by atoms with van der Waals surface area (Å²) in [5.74, 6) is 0.967. The Morgan fingerprint density at radius 3 is 2.48 bits per heavy atom. The number of hydrogen-bond donors (Lipinski definition) is 2. The van der Waals surface area contributed by atoms with E-state index in [1.807, 2.05) is 11.8 Å². The van der Waals surface area contributed by atoms with Crippen molar-refractivity contribution >= 4 is 57.6 Å². The summed E-state index contributed by atoms with van der Waals surface area (Å²) in [7, 11) is 0. The number of guanidine groups is 1. The molecular formula is C18H29BrIN3OS. The molecule has 1 aliphatic heterocycles. The van der Waals surface area contributed by atoms with Gasteiger partial charge in [0.15, 0.2) is 5.96 Å². The highest BCUT2D eigenvalue weighted by Crippen LogP contribution is 2.33. The van der Waals surface area contributed by atoms with E-state index in [0.29, 0.717) is 0 Å². The molecule has 0 spiro atoms. The van der Waals surface area contributed by atoms with Crippen LogP contribution in [0.3, 0.4) is 0 Å². The van der Waals surface area contributed by atoms with Crippen LogP contribution in [0.1, 0.15) is 33.6 Å². The van der Waals surface area contributed by atoms with Gasteiger partial charge in [-0.2, -0.15) is 0 Å². The Morgan fingerprint density at radius 2 is 1.92 bits per heavy atom. The summed E-state index contributed by atoms with van der Waals surface area (Å²) in [5, 5.41) is 13.1. The Kier molecular flexibility index (Phi) is 10.1. The van der Waals surface area contributed by atoms with E-state index in [0.717, 1.165) is 49.5 Å². The van der Waals surface area contributed by atoms with E-state index in [1.54, 1.807) is 0 Å². The minimum absolute atomic E-state index is 0. The van der Waals surface area contributed by atoms with Gasteiger partial charge in [-0.1, -0.05) is 15.9 Å². The monoisotopic (exact) mass is 541 g/mol. The molecule has 0 radical (unpaired) electrons.